The van der Waals surface area contributed by atoms with Crippen molar-refractivity contribution in [3.63, 3.8) is 0 Å². The lowest BCUT2D eigenvalue weighted by Crippen LogP contribution is -2.19. The van der Waals surface area contributed by atoms with Gasteiger partial charge < -0.3 is 0 Å². The van der Waals surface area contributed by atoms with Gasteiger partial charge in [-0.3, -0.25) is 4.79 Å². The molecule has 1 nitrogen and oxygen atoms in total. The molecule has 2 aromatic rings. The summed E-state index contributed by atoms with van der Waals surface area (Å²) in [4.78, 5) is 13.1. The topological polar surface area (TPSA) is 17.1 Å². The molecule has 0 bridgehead atoms. The predicted octanol–water partition coefficient (Wildman–Crippen LogP) is 7.77. The number of allylic oxidation sites excluding steroid dienone is 2. The van der Waals surface area contributed by atoms with Gasteiger partial charge in [-0.05, 0) is 55.2 Å². The Morgan fingerprint density at radius 1 is 0.846 bits per heavy atom. The Kier molecular flexibility index (Phi) is 6.14. The van der Waals surface area contributed by atoms with E-state index in [4.69, 9.17) is 46.4 Å². The van der Waals surface area contributed by atoms with E-state index >= 15 is 0 Å². The number of Topliss-reactive ketones (excluding diaryl/α,β-unsaturated/α-hetero) is 1. The van der Waals surface area contributed by atoms with E-state index in [-0.39, 0.29) is 11.7 Å². The number of rotatable bonds is 2. The lowest BCUT2D eigenvalue weighted by molar-refractivity contribution is -0.113. The maximum absolute atomic E-state index is 13.1. The van der Waals surface area contributed by atoms with Crippen molar-refractivity contribution in [2.45, 2.75) is 19.8 Å². The van der Waals surface area contributed by atoms with Gasteiger partial charge in [0.05, 0.1) is 0 Å². The van der Waals surface area contributed by atoms with Crippen LogP contribution in [-0.4, -0.2) is 5.78 Å². The lowest BCUT2D eigenvalue weighted by Gasteiger charge is -2.23. The average Bonchev–Trinajstić information content (AvgIpc) is 2.59. The van der Waals surface area contributed by atoms with E-state index in [1.807, 2.05) is 6.92 Å². The molecule has 1 aliphatic carbocycles. The first kappa shape index (κ1) is 19.5. The van der Waals surface area contributed by atoms with E-state index in [9.17, 15) is 4.79 Å². The van der Waals surface area contributed by atoms with Gasteiger partial charge in [0.1, 0.15) is 0 Å². The minimum Gasteiger partial charge on any atom is -0.289 e. The fourth-order valence-corrected chi connectivity index (χ4v) is 4.04. The molecule has 1 atom stereocenters. The van der Waals surface area contributed by atoms with Crippen molar-refractivity contribution in [3.8, 4) is 0 Å². The molecule has 1 fully saturated rings. The molecule has 26 heavy (non-hydrogen) atoms. The van der Waals surface area contributed by atoms with Crippen molar-refractivity contribution < 1.29 is 4.79 Å². The number of carbonyl (C=O) groups excluding carboxylic acids is 1. The van der Waals surface area contributed by atoms with Gasteiger partial charge in [0.2, 0.25) is 0 Å². The van der Waals surface area contributed by atoms with Crippen LogP contribution < -0.4 is 0 Å². The zero-order valence-electron chi connectivity index (χ0n) is 14.0. The SMILES string of the molecule is CC1CC/C(=C\c2c(Cl)cccc2Cl)C(=O)/C1=C/c1c(Cl)cccc1Cl. The second-order valence-electron chi connectivity index (χ2n) is 6.31. The van der Waals surface area contributed by atoms with Gasteiger partial charge in [-0.15, -0.1) is 0 Å². The summed E-state index contributed by atoms with van der Waals surface area (Å²) in [6.45, 7) is 2.04. The van der Waals surface area contributed by atoms with Crippen LogP contribution in [0.1, 0.15) is 30.9 Å². The highest BCUT2D eigenvalue weighted by atomic mass is 35.5. The Bertz CT molecular complexity index is 887. The Morgan fingerprint density at radius 2 is 1.31 bits per heavy atom. The number of ketones is 1. The van der Waals surface area contributed by atoms with Gasteiger partial charge in [0, 0.05) is 42.4 Å². The van der Waals surface area contributed by atoms with Gasteiger partial charge in [0.15, 0.2) is 5.78 Å². The molecular formula is C21H16Cl4O. The second kappa shape index (κ2) is 8.19. The van der Waals surface area contributed by atoms with Gasteiger partial charge in [-0.25, -0.2) is 0 Å². The third-order valence-corrected chi connectivity index (χ3v) is 5.87. The molecule has 0 aromatic heterocycles. The summed E-state index contributed by atoms with van der Waals surface area (Å²) in [6, 6.07) is 10.6. The maximum Gasteiger partial charge on any atom is 0.185 e. The van der Waals surface area contributed by atoms with Crippen molar-refractivity contribution in [1.82, 2.24) is 0 Å². The van der Waals surface area contributed by atoms with E-state index in [2.05, 4.69) is 0 Å². The van der Waals surface area contributed by atoms with Gasteiger partial charge >= 0.3 is 0 Å². The summed E-state index contributed by atoms with van der Waals surface area (Å²) in [5.41, 5.74) is 2.72. The summed E-state index contributed by atoms with van der Waals surface area (Å²) in [6.07, 6.45) is 5.13. The van der Waals surface area contributed by atoms with Crippen molar-refractivity contribution >= 4 is 64.3 Å². The van der Waals surface area contributed by atoms with Gasteiger partial charge in [0.25, 0.3) is 0 Å². The van der Waals surface area contributed by atoms with Crippen molar-refractivity contribution in [3.05, 3.63) is 78.8 Å². The van der Waals surface area contributed by atoms with Crippen molar-refractivity contribution in [2.75, 3.05) is 0 Å². The fraction of sp³-hybridized carbons (Fsp3) is 0.190. The largest absolute Gasteiger partial charge is 0.289 e. The quantitative estimate of drug-likeness (QED) is 0.449. The average molecular weight is 426 g/mol. The van der Waals surface area contributed by atoms with Crippen LogP contribution in [0.4, 0.5) is 0 Å². The molecule has 0 radical (unpaired) electrons. The molecule has 0 amide bonds. The van der Waals surface area contributed by atoms with Gasteiger partial charge in [-0.1, -0.05) is 65.5 Å². The number of hydrogen-bond acceptors (Lipinski definition) is 1. The third-order valence-electron chi connectivity index (χ3n) is 4.55. The smallest absolute Gasteiger partial charge is 0.185 e. The zero-order chi connectivity index (χ0) is 18.8. The van der Waals surface area contributed by atoms with Crippen LogP contribution in [0.5, 0.6) is 0 Å². The molecule has 1 saturated carbocycles. The molecule has 3 rings (SSSR count). The van der Waals surface area contributed by atoms with Crippen LogP contribution in [0.15, 0.2) is 47.5 Å². The van der Waals surface area contributed by atoms with E-state index in [1.54, 1.807) is 48.6 Å². The van der Waals surface area contributed by atoms with Crippen LogP contribution in [-0.2, 0) is 4.79 Å². The second-order valence-corrected chi connectivity index (χ2v) is 7.94. The number of carbonyl (C=O) groups is 1. The summed E-state index contributed by atoms with van der Waals surface area (Å²) >= 11 is 25.0. The summed E-state index contributed by atoms with van der Waals surface area (Å²) in [7, 11) is 0. The first-order valence-electron chi connectivity index (χ1n) is 8.23. The first-order valence-corrected chi connectivity index (χ1v) is 9.74. The molecular weight excluding hydrogens is 410 g/mol. The van der Waals surface area contributed by atoms with Crippen LogP contribution in [0.2, 0.25) is 20.1 Å². The molecule has 0 heterocycles. The highest BCUT2D eigenvalue weighted by Gasteiger charge is 2.27. The van der Waals surface area contributed by atoms with Crippen LogP contribution in [0.3, 0.4) is 0 Å². The van der Waals surface area contributed by atoms with Crippen LogP contribution in [0.25, 0.3) is 12.2 Å². The molecule has 1 unspecified atom stereocenters. The highest BCUT2D eigenvalue weighted by molar-refractivity contribution is 6.38. The van der Waals surface area contributed by atoms with Crippen molar-refractivity contribution in [2.24, 2.45) is 5.92 Å². The standard InChI is InChI=1S/C21H16Cl4O/c1-12-8-9-13(10-15-17(22)4-2-5-18(15)23)21(26)14(12)11-16-19(24)6-3-7-20(16)25/h2-7,10-12H,8-9H2,1H3/b13-10+,14-11+. The third kappa shape index (κ3) is 4.02. The Morgan fingerprint density at radius 3 is 1.81 bits per heavy atom. The number of hydrogen-bond donors (Lipinski definition) is 0. The minimum atomic E-state index is -0.0178. The normalized spacial score (nSPS) is 20.8. The van der Waals surface area contributed by atoms with Crippen molar-refractivity contribution in [1.29, 1.82) is 0 Å². The van der Waals surface area contributed by atoms with E-state index < -0.39 is 0 Å². The Labute approximate surface area is 173 Å². The molecule has 5 heteroatoms. The van der Waals surface area contributed by atoms with Gasteiger partial charge in [-0.2, -0.15) is 0 Å². The predicted molar refractivity (Wildman–Crippen MR) is 112 cm³/mol. The minimum absolute atomic E-state index is 0.0178. The summed E-state index contributed by atoms with van der Waals surface area (Å²) in [5, 5.41) is 2.10. The molecule has 134 valence electrons. The van der Waals surface area contributed by atoms with Crippen LogP contribution >= 0.6 is 46.4 Å². The summed E-state index contributed by atoms with van der Waals surface area (Å²) < 4.78 is 0. The molecule has 1 aliphatic rings. The first-order chi connectivity index (χ1) is 12.4. The highest BCUT2D eigenvalue weighted by Crippen LogP contribution is 2.36. The molecule has 0 aliphatic heterocycles. The molecule has 0 saturated heterocycles. The zero-order valence-corrected chi connectivity index (χ0v) is 17.1. The Balaban J connectivity index is 2.04. The van der Waals surface area contributed by atoms with E-state index in [0.29, 0.717) is 48.8 Å². The fourth-order valence-electron chi connectivity index (χ4n) is 3.02. The lowest BCUT2D eigenvalue weighted by atomic mass is 9.80. The van der Waals surface area contributed by atoms with E-state index in [1.165, 1.54) is 0 Å². The Hall–Kier alpha value is -1.25. The molecule has 0 N–H and O–H groups in total. The monoisotopic (exact) mass is 424 g/mol. The number of halogens is 4. The summed E-state index contributed by atoms with van der Waals surface area (Å²) in [5.74, 6) is 0.101. The maximum atomic E-state index is 13.1. The van der Waals surface area contributed by atoms with E-state index in [0.717, 1.165) is 6.42 Å². The number of benzene rings is 2. The van der Waals surface area contributed by atoms with Crippen LogP contribution in [0, 0.1) is 5.92 Å². The molecule has 2 aromatic carbocycles. The molecule has 0 spiro atoms.